The summed E-state index contributed by atoms with van der Waals surface area (Å²) in [5.74, 6) is 0.871. The van der Waals surface area contributed by atoms with Crippen LogP contribution in [-0.4, -0.2) is 46.8 Å². The van der Waals surface area contributed by atoms with E-state index in [0.717, 1.165) is 51.5 Å². The van der Waals surface area contributed by atoms with E-state index >= 15 is 0 Å². The maximum Gasteiger partial charge on any atom is 0.191 e. The van der Waals surface area contributed by atoms with Crippen LogP contribution in [0.25, 0.3) is 0 Å². The van der Waals surface area contributed by atoms with Crippen LogP contribution in [0, 0.1) is 0 Å². The van der Waals surface area contributed by atoms with Crippen LogP contribution in [0.3, 0.4) is 0 Å². The highest BCUT2D eigenvalue weighted by molar-refractivity contribution is 5.80. The molecule has 6 nitrogen and oxygen atoms in total. The molecule has 1 saturated heterocycles. The summed E-state index contributed by atoms with van der Waals surface area (Å²) in [4.78, 5) is 6.99. The fraction of sp³-hybridized carbons (Fsp3) is 0.360. The number of hydrogen-bond donors (Lipinski definition) is 2. The first-order valence-electron chi connectivity index (χ1n) is 11.1. The third-order valence-electron chi connectivity index (χ3n) is 5.86. The minimum absolute atomic E-state index is 0.456. The zero-order valence-corrected chi connectivity index (χ0v) is 18.2. The second-order valence-electron chi connectivity index (χ2n) is 8.08. The summed E-state index contributed by atoms with van der Waals surface area (Å²) >= 11 is 0. The number of piperidine rings is 1. The second-order valence-corrected chi connectivity index (χ2v) is 8.08. The van der Waals surface area contributed by atoms with Gasteiger partial charge in [-0.1, -0.05) is 54.6 Å². The average Bonchev–Trinajstić information content (AvgIpc) is 3.32. The number of likely N-dealkylation sites (tertiary alicyclic amines) is 1. The first kappa shape index (κ1) is 21.1. The summed E-state index contributed by atoms with van der Waals surface area (Å²) in [7, 11) is 1.84. The Morgan fingerprint density at radius 3 is 2.42 bits per heavy atom. The number of guanidine groups is 1. The number of aromatic nitrogens is 2. The Hall–Kier alpha value is -3.12. The Morgan fingerprint density at radius 1 is 0.968 bits per heavy atom. The molecule has 31 heavy (non-hydrogen) atoms. The molecule has 6 heteroatoms. The molecule has 1 aromatic heterocycles. The first-order valence-corrected chi connectivity index (χ1v) is 11.1. The fourth-order valence-electron chi connectivity index (χ4n) is 4.10. The average molecular weight is 417 g/mol. The van der Waals surface area contributed by atoms with Crippen LogP contribution in [0.15, 0.2) is 78.0 Å². The summed E-state index contributed by atoms with van der Waals surface area (Å²) in [5.41, 5.74) is 3.92. The Kier molecular flexibility index (Phi) is 7.34. The molecular formula is C25H32N6. The molecule has 0 spiro atoms. The molecule has 0 radical (unpaired) electrons. The minimum atomic E-state index is 0.456. The minimum Gasteiger partial charge on any atom is -0.354 e. The smallest absolute Gasteiger partial charge is 0.191 e. The predicted molar refractivity (Wildman–Crippen MR) is 126 cm³/mol. The normalized spacial score (nSPS) is 15.7. The first-order chi connectivity index (χ1) is 15.3. The van der Waals surface area contributed by atoms with E-state index in [1.54, 1.807) is 0 Å². The van der Waals surface area contributed by atoms with Crippen molar-refractivity contribution in [2.45, 2.75) is 38.5 Å². The lowest BCUT2D eigenvalue weighted by Crippen LogP contribution is -2.48. The van der Waals surface area contributed by atoms with Crippen LogP contribution in [0.5, 0.6) is 0 Å². The second kappa shape index (κ2) is 10.8. The van der Waals surface area contributed by atoms with Crippen molar-refractivity contribution >= 4 is 5.96 Å². The van der Waals surface area contributed by atoms with E-state index in [4.69, 9.17) is 0 Å². The van der Waals surface area contributed by atoms with Crippen LogP contribution in [-0.2, 0) is 19.6 Å². The Labute approximate surface area is 185 Å². The number of nitrogens with zero attached hydrogens (tertiary/aromatic N) is 4. The zero-order valence-electron chi connectivity index (χ0n) is 18.2. The van der Waals surface area contributed by atoms with Gasteiger partial charge in [-0.05, 0) is 35.6 Å². The topological polar surface area (TPSA) is 57.5 Å². The van der Waals surface area contributed by atoms with E-state index in [9.17, 15) is 0 Å². The molecule has 1 aliphatic heterocycles. The van der Waals surface area contributed by atoms with Gasteiger partial charge in [0.15, 0.2) is 5.96 Å². The summed E-state index contributed by atoms with van der Waals surface area (Å²) in [6.45, 7) is 4.76. The third kappa shape index (κ3) is 6.18. The van der Waals surface area contributed by atoms with Gasteiger partial charge in [-0.2, -0.15) is 5.10 Å². The van der Waals surface area contributed by atoms with E-state index in [-0.39, 0.29) is 0 Å². The van der Waals surface area contributed by atoms with Crippen LogP contribution in [0.1, 0.15) is 29.5 Å². The van der Waals surface area contributed by atoms with Gasteiger partial charge in [0.05, 0.1) is 6.54 Å². The molecule has 1 aliphatic rings. The SMILES string of the molecule is CN=C(NCc1ccccc1Cn1cccn1)NC1CCN(Cc2ccccc2)CC1. The maximum atomic E-state index is 4.45. The molecule has 2 aromatic carbocycles. The monoisotopic (exact) mass is 416 g/mol. The van der Waals surface area contributed by atoms with Gasteiger partial charge in [0.25, 0.3) is 0 Å². The van der Waals surface area contributed by atoms with Gasteiger partial charge in [0.1, 0.15) is 0 Å². The molecule has 0 amide bonds. The number of benzene rings is 2. The lowest BCUT2D eigenvalue weighted by atomic mass is 10.0. The molecule has 3 aromatic rings. The highest BCUT2D eigenvalue weighted by Crippen LogP contribution is 2.14. The van der Waals surface area contributed by atoms with Gasteiger partial charge in [-0.15, -0.1) is 0 Å². The number of nitrogens with one attached hydrogen (secondary N) is 2. The van der Waals surface area contributed by atoms with E-state index in [1.165, 1.54) is 16.7 Å². The fourth-order valence-corrected chi connectivity index (χ4v) is 4.10. The molecule has 4 rings (SSSR count). The van der Waals surface area contributed by atoms with Crippen molar-refractivity contribution < 1.29 is 0 Å². The van der Waals surface area contributed by atoms with Crippen LogP contribution in [0.2, 0.25) is 0 Å². The molecule has 0 bridgehead atoms. The van der Waals surface area contributed by atoms with E-state index in [2.05, 4.69) is 80.2 Å². The van der Waals surface area contributed by atoms with Gasteiger partial charge in [0, 0.05) is 51.7 Å². The number of rotatable bonds is 7. The third-order valence-corrected chi connectivity index (χ3v) is 5.86. The summed E-state index contributed by atoms with van der Waals surface area (Å²) in [6, 6.07) is 21.6. The van der Waals surface area contributed by atoms with E-state index in [0.29, 0.717) is 6.04 Å². The zero-order chi connectivity index (χ0) is 21.3. The molecule has 0 saturated carbocycles. The van der Waals surface area contributed by atoms with Crippen molar-refractivity contribution in [3.63, 3.8) is 0 Å². The standard InChI is InChI=1S/C25H32N6/c1-26-25(27-18-22-10-5-6-11-23(22)20-31-15-7-14-28-31)29-24-12-16-30(17-13-24)19-21-8-3-2-4-9-21/h2-11,14-15,24H,12-13,16-20H2,1H3,(H2,26,27,29). The summed E-state index contributed by atoms with van der Waals surface area (Å²) in [5, 5.41) is 11.4. The van der Waals surface area contributed by atoms with Gasteiger partial charge in [-0.25, -0.2) is 0 Å². The van der Waals surface area contributed by atoms with Gasteiger partial charge < -0.3 is 10.6 Å². The lowest BCUT2D eigenvalue weighted by Gasteiger charge is -2.33. The molecule has 162 valence electrons. The van der Waals surface area contributed by atoms with Crippen molar-refractivity contribution in [3.05, 3.63) is 89.7 Å². The van der Waals surface area contributed by atoms with Crippen LogP contribution in [0.4, 0.5) is 0 Å². The summed E-state index contributed by atoms with van der Waals surface area (Å²) < 4.78 is 1.95. The largest absolute Gasteiger partial charge is 0.354 e. The summed E-state index contributed by atoms with van der Waals surface area (Å²) in [6.07, 6.45) is 6.07. The quantitative estimate of drug-likeness (QED) is 0.459. The van der Waals surface area contributed by atoms with Gasteiger partial charge in [-0.3, -0.25) is 14.6 Å². The number of aliphatic imine (C=N–C) groups is 1. The van der Waals surface area contributed by atoms with Crippen molar-refractivity contribution in [1.82, 2.24) is 25.3 Å². The van der Waals surface area contributed by atoms with Crippen molar-refractivity contribution in [3.8, 4) is 0 Å². The highest BCUT2D eigenvalue weighted by Gasteiger charge is 2.20. The van der Waals surface area contributed by atoms with Crippen molar-refractivity contribution in [2.75, 3.05) is 20.1 Å². The maximum absolute atomic E-state index is 4.45. The molecule has 2 heterocycles. The lowest BCUT2D eigenvalue weighted by molar-refractivity contribution is 0.198. The molecule has 0 atom stereocenters. The number of hydrogen-bond acceptors (Lipinski definition) is 3. The predicted octanol–water partition coefficient (Wildman–Crippen LogP) is 3.26. The molecular weight excluding hydrogens is 384 g/mol. The van der Waals surface area contributed by atoms with Crippen molar-refractivity contribution in [1.29, 1.82) is 0 Å². The van der Waals surface area contributed by atoms with Gasteiger partial charge in [0.2, 0.25) is 0 Å². The molecule has 2 N–H and O–H groups in total. The Bertz CT molecular complexity index is 943. The molecule has 1 fully saturated rings. The molecule has 0 unspecified atom stereocenters. The van der Waals surface area contributed by atoms with Crippen LogP contribution >= 0.6 is 0 Å². The highest BCUT2D eigenvalue weighted by atomic mass is 15.3. The van der Waals surface area contributed by atoms with E-state index in [1.807, 2.05) is 30.2 Å². The van der Waals surface area contributed by atoms with Crippen LogP contribution < -0.4 is 10.6 Å². The molecule has 0 aliphatic carbocycles. The van der Waals surface area contributed by atoms with E-state index < -0.39 is 0 Å². The Balaban J connectivity index is 1.25. The van der Waals surface area contributed by atoms with Crippen molar-refractivity contribution in [2.24, 2.45) is 4.99 Å². The Morgan fingerprint density at radius 2 is 1.71 bits per heavy atom. The van der Waals surface area contributed by atoms with Gasteiger partial charge >= 0.3 is 0 Å².